The van der Waals surface area contributed by atoms with Gasteiger partial charge < -0.3 is 0 Å². The van der Waals surface area contributed by atoms with Gasteiger partial charge in [-0.3, -0.25) is 0 Å². The van der Waals surface area contributed by atoms with E-state index in [9.17, 15) is 0 Å². The van der Waals surface area contributed by atoms with Gasteiger partial charge in [0.2, 0.25) is 0 Å². The van der Waals surface area contributed by atoms with Crippen LogP contribution in [0.1, 0.15) is 183 Å². The SMILES string of the molecule is C.C=CCCCC.CCC.CCCC/C=C\C(CCCC)CC(C)CCCC.Cc1cc(C)c(-n2ccn(C[PH+](C)C(C)(C)C)[cH+]2)c(C)c1.[Ni]. The van der Waals surface area contributed by atoms with Crippen molar-refractivity contribution in [1.29, 1.82) is 0 Å². The van der Waals surface area contributed by atoms with Crippen LogP contribution in [0.4, 0.5) is 0 Å². The molecule has 0 aliphatic carbocycles. The van der Waals surface area contributed by atoms with Crippen LogP contribution in [-0.2, 0) is 22.8 Å². The number of rotatable bonds is 18. The van der Waals surface area contributed by atoms with Gasteiger partial charge in [0.05, 0.1) is 5.16 Å². The number of hydrogen-bond donors (Lipinski definition) is 0. The molecule has 50 heavy (non-hydrogen) atoms. The summed E-state index contributed by atoms with van der Waals surface area (Å²) in [6, 6.07) is 4.52. The maximum atomic E-state index is 3.60. The molecule has 0 bridgehead atoms. The zero-order valence-corrected chi connectivity index (χ0v) is 37.3. The Morgan fingerprint density at radius 3 is 1.78 bits per heavy atom. The number of hydrogen-bond acceptors (Lipinski definition) is 0. The first-order chi connectivity index (χ1) is 22.7. The first kappa shape index (κ1) is 55.6. The van der Waals surface area contributed by atoms with E-state index in [2.05, 4.69) is 155 Å². The van der Waals surface area contributed by atoms with Crippen LogP contribution in [0.25, 0.3) is 5.69 Å². The largest absolute Gasteiger partial charge is 0.216 e. The summed E-state index contributed by atoms with van der Waals surface area (Å²) in [5, 5.41) is 0.440. The molecule has 0 N–H and O–H groups in total. The van der Waals surface area contributed by atoms with Crippen molar-refractivity contribution in [3.63, 3.8) is 0 Å². The van der Waals surface area contributed by atoms with Crippen molar-refractivity contribution in [2.24, 2.45) is 11.8 Å². The predicted molar refractivity (Wildman–Crippen MR) is 234 cm³/mol. The first-order valence-corrected chi connectivity index (χ1v) is 22.2. The molecule has 0 aliphatic rings. The Hall–Kier alpha value is -1.17. The van der Waals surface area contributed by atoms with Gasteiger partial charge in [-0.05, 0) is 96.8 Å². The molecule has 2 aromatic rings. The summed E-state index contributed by atoms with van der Waals surface area (Å²) in [7, 11) is -0.403. The van der Waals surface area contributed by atoms with Crippen LogP contribution in [-0.4, -0.2) is 21.0 Å². The summed E-state index contributed by atoms with van der Waals surface area (Å²) >= 11 is 0. The van der Waals surface area contributed by atoms with E-state index in [1.807, 2.05) is 6.08 Å². The smallest absolute Gasteiger partial charge is 0.169 e. The zero-order chi connectivity index (χ0) is 37.0. The molecular weight excluding hydrogens is 670 g/mol. The van der Waals surface area contributed by atoms with E-state index in [1.165, 1.54) is 112 Å². The Bertz CT molecular complexity index is 1040. The molecule has 3 atom stereocenters. The molecule has 0 amide bonds. The molecule has 0 saturated heterocycles. The van der Waals surface area contributed by atoms with Gasteiger partial charge in [-0.2, -0.15) is 4.57 Å². The van der Waals surface area contributed by atoms with Gasteiger partial charge in [-0.1, -0.05) is 138 Å². The van der Waals surface area contributed by atoms with Crippen LogP contribution in [0.3, 0.4) is 0 Å². The number of aryl methyl sites for hydroxylation is 3. The van der Waals surface area contributed by atoms with Crippen LogP contribution in [0.15, 0.2) is 55.7 Å². The van der Waals surface area contributed by atoms with Crippen molar-refractivity contribution >= 4 is 7.92 Å². The maximum absolute atomic E-state index is 3.60. The van der Waals surface area contributed by atoms with Crippen molar-refractivity contribution in [3.05, 3.63) is 72.4 Å². The fraction of sp³-hybridized carbons (Fsp3) is 0.717. The molecule has 0 saturated carbocycles. The zero-order valence-electron chi connectivity index (χ0n) is 35.3. The maximum Gasteiger partial charge on any atom is 0.169 e. The summed E-state index contributed by atoms with van der Waals surface area (Å²) in [4.78, 5) is 0. The van der Waals surface area contributed by atoms with Gasteiger partial charge >= 0.3 is 0 Å². The first-order valence-electron chi connectivity index (χ1n) is 20.0. The molecule has 1 aromatic heterocycles. The summed E-state index contributed by atoms with van der Waals surface area (Å²) in [6.07, 6.45) is 33.4. The Kier molecular flexibility index (Phi) is 38.8. The minimum Gasteiger partial charge on any atom is -0.216 e. The van der Waals surface area contributed by atoms with E-state index < -0.39 is 7.92 Å². The number of aromatic nitrogens is 2. The van der Waals surface area contributed by atoms with Crippen molar-refractivity contribution in [3.8, 4) is 5.69 Å². The number of nitrogens with zero attached hydrogens (tertiary/aromatic N) is 2. The third kappa shape index (κ3) is 28.4. The Labute approximate surface area is 327 Å². The summed E-state index contributed by atoms with van der Waals surface area (Å²) in [5.74, 6) is 1.75. The molecule has 0 aliphatic heterocycles. The minimum atomic E-state index is -0.403. The number of allylic oxidation sites excluding steroid dienone is 3. The quantitative estimate of drug-likeness (QED) is 0.0471. The van der Waals surface area contributed by atoms with Crippen molar-refractivity contribution in [2.45, 2.75) is 199 Å². The Morgan fingerprint density at radius 2 is 1.32 bits per heavy atom. The molecular formula is C46H89N2NiP+2. The fourth-order valence-electron chi connectivity index (χ4n) is 5.62. The summed E-state index contributed by atoms with van der Waals surface area (Å²) in [6.45, 7) is 35.4. The van der Waals surface area contributed by atoms with Gasteiger partial charge in [-0.25, -0.2) is 4.57 Å². The summed E-state index contributed by atoms with van der Waals surface area (Å²) in [5.41, 5.74) is 5.33. The molecule has 0 radical (unpaired) electrons. The standard InChI is InChI=1S/C18H28N2P.C18H36.C6H12.C3H8.CH4.Ni/c1-14-10-15(2)17(16(3)11-14)20-9-8-19(12-20)13-21(7)18(4,5)6;1-5-8-11-12-15-18(14-10-7-3)16-17(4)13-9-6-2;1-3-5-6-4-2;1-3-2;;/h8-12H,13H2,1-7H3;12,15,17-18H,5-11,13-14,16H2,1-4H3;3H,1,4-6H2,2H3;3H2,1-2H3;1H4;/q+1;;;;;/p+1/b;15-12-;;;;. The molecule has 3 unspecified atom stereocenters. The molecule has 2 rings (SSSR count). The third-order valence-corrected chi connectivity index (χ3v) is 12.3. The molecule has 1 aromatic carbocycles. The molecule has 0 spiro atoms. The van der Waals surface area contributed by atoms with Crippen molar-refractivity contribution < 1.29 is 16.5 Å². The summed E-state index contributed by atoms with van der Waals surface area (Å²) < 4.78 is 4.61. The van der Waals surface area contributed by atoms with Gasteiger partial charge in [0.1, 0.15) is 18.1 Å². The van der Waals surface area contributed by atoms with Crippen molar-refractivity contribution in [2.75, 3.05) is 6.66 Å². The fourth-order valence-corrected chi connectivity index (χ4v) is 6.83. The van der Waals surface area contributed by atoms with E-state index in [4.69, 9.17) is 0 Å². The van der Waals surface area contributed by atoms with E-state index >= 15 is 0 Å². The number of imidazole rings is 1. The van der Waals surface area contributed by atoms with Crippen LogP contribution >= 0.6 is 7.92 Å². The van der Waals surface area contributed by atoms with Gasteiger partial charge in [0.25, 0.3) is 0 Å². The average molecular weight is 760 g/mol. The molecule has 296 valence electrons. The van der Waals surface area contributed by atoms with Crippen molar-refractivity contribution in [1.82, 2.24) is 9.13 Å². The van der Waals surface area contributed by atoms with Crippen LogP contribution in [0, 0.1) is 32.6 Å². The van der Waals surface area contributed by atoms with E-state index in [0.29, 0.717) is 5.16 Å². The molecule has 4 heteroatoms. The van der Waals surface area contributed by atoms with Gasteiger partial charge in [-0.15, -0.1) is 6.58 Å². The molecule has 0 fully saturated rings. The Balaban J connectivity index is -0.000000333. The van der Waals surface area contributed by atoms with Crippen LogP contribution < -0.4 is 0 Å². The molecule has 1 heterocycles. The van der Waals surface area contributed by atoms with Crippen LogP contribution in [0.5, 0.6) is 0 Å². The van der Waals surface area contributed by atoms with Gasteiger partial charge in [0, 0.05) is 42.2 Å². The Morgan fingerprint density at radius 1 is 0.820 bits per heavy atom. The van der Waals surface area contributed by atoms with E-state index in [-0.39, 0.29) is 23.9 Å². The molecule has 2 nitrogen and oxygen atoms in total. The predicted octanol–water partition coefficient (Wildman–Crippen LogP) is 16.3. The third-order valence-electron chi connectivity index (χ3n) is 8.86. The minimum absolute atomic E-state index is 0. The normalized spacial score (nSPS) is 12.4. The van der Waals surface area contributed by atoms with Crippen LogP contribution in [0.2, 0.25) is 0 Å². The van der Waals surface area contributed by atoms with E-state index in [1.54, 1.807) is 0 Å². The van der Waals surface area contributed by atoms with E-state index in [0.717, 1.165) is 18.1 Å². The topological polar surface area (TPSA) is 9.86 Å². The second-order valence-corrected chi connectivity index (χ2v) is 18.7. The number of unbranched alkanes of at least 4 members (excludes halogenated alkanes) is 6. The second kappa shape index (κ2) is 34.9. The number of benzene rings is 1. The monoisotopic (exact) mass is 759 g/mol. The second-order valence-electron chi connectivity index (χ2n) is 15.4. The average Bonchev–Trinajstić information content (AvgIpc) is 3.47. The van der Waals surface area contributed by atoms with Gasteiger partial charge in [0.15, 0.2) is 12.6 Å².